The molecule has 1 aromatic carbocycles. The molecule has 2 N–H and O–H groups in total. The zero-order chi connectivity index (χ0) is 16.7. The highest BCUT2D eigenvalue weighted by Crippen LogP contribution is 2.31. The number of hydrogen-bond acceptors (Lipinski definition) is 4. The first-order valence-electron chi connectivity index (χ1n) is 5.78. The zero-order valence-electron chi connectivity index (χ0n) is 11.0. The second-order valence-corrected chi connectivity index (χ2v) is 6.42. The Morgan fingerprint density at radius 2 is 2.09 bits per heavy atom. The Morgan fingerprint density at radius 3 is 2.64 bits per heavy atom. The number of alkyl halides is 2. The Labute approximate surface area is 122 Å². The van der Waals surface area contributed by atoms with Gasteiger partial charge < -0.3 is 5.11 Å². The summed E-state index contributed by atoms with van der Waals surface area (Å²) in [5.74, 6) is -2.49. The first-order valence-corrected chi connectivity index (χ1v) is 7.22. The van der Waals surface area contributed by atoms with Crippen LogP contribution in [-0.4, -0.2) is 47.6 Å². The van der Waals surface area contributed by atoms with Crippen LogP contribution in [0.15, 0.2) is 17.0 Å². The van der Waals surface area contributed by atoms with Gasteiger partial charge in [0.1, 0.15) is 17.0 Å². The van der Waals surface area contributed by atoms with Gasteiger partial charge in [0.25, 0.3) is 6.43 Å². The molecule has 0 radical (unpaired) electrons. The van der Waals surface area contributed by atoms with Gasteiger partial charge in [-0.2, -0.15) is 13.8 Å². The van der Waals surface area contributed by atoms with E-state index in [1.54, 1.807) is 0 Å². The lowest BCUT2D eigenvalue weighted by atomic mass is 10.1. The van der Waals surface area contributed by atoms with Crippen LogP contribution in [0.1, 0.15) is 12.0 Å². The van der Waals surface area contributed by atoms with Gasteiger partial charge in [-0.1, -0.05) is 0 Å². The fourth-order valence-electron chi connectivity index (χ4n) is 1.84. The molecule has 0 atom stereocenters. The molecule has 0 spiro atoms. The Balaban J connectivity index is 2.70. The number of aromatic nitrogens is 2. The molecule has 7 nitrogen and oxygen atoms in total. The van der Waals surface area contributed by atoms with E-state index in [1.165, 1.54) is 0 Å². The van der Waals surface area contributed by atoms with Gasteiger partial charge in [0.05, 0.1) is 5.39 Å². The van der Waals surface area contributed by atoms with Crippen LogP contribution in [0.4, 0.5) is 13.2 Å². The predicted octanol–water partition coefficient (Wildman–Crippen LogP) is 1.34. The molecule has 0 unspecified atom stereocenters. The summed E-state index contributed by atoms with van der Waals surface area (Å²) >= 11 is 0. The lowest BCUT2D eigenvalue weighted by Crippen LogP contribution is -2.32. The van der Waals surface area contributed by atoms with E-state index >= 15 is 0 Å². The van der Waals surface area contributed by atoms with Crippen LogP contribution in [0.25, 0.3) is 10.9 Å². The number of H-pyrrole nitrogens is 1. The molecule has 1 heterocycles. The maximum Gasteiger partial charge on any atom is 0.318 e. The van der Waals surface area contributed by atoms with Gasteiger partial charge in [0.2, 0.25) is 16.0 Å². The van der Waals surface area contributed by atoms with Crippen molar-refractivity contribution in [1.82, 2.24) is 14.5 Å². The average molecular weight is 337 g/mol. The molecular weight excluding hydrogens is 327 g/mol. The number of benzene rings is 1. The average Bonchev–Trinajstić information content (AvgIpc) is 2.78. The molecule has 22 heavy (non-hydrogen) atoms. The first-order chi connectivity index (χ1) is 10.1. The van der Waals surface area contributed by atoms with E-state index in [0.717, 1.165) is 13.1 Å². The van der Waals surface area contributed by atoms with Crippen LogP contribution in [0, 0.1) is 5.95 Å². The van der Waals surface area contributed by atoms with E-state index in [1.807, 2.05) is 5.10 Å². The van der Waals surface area contributed by atoms with E-state index in [0.29, 0.717) is 10.4 Å². The quantitative estimate of drug-likeness (QED) is 0.857. The third-order valence-electron chi connectivity index (χ3n) is 2.90. The van der Waals surface area contributed by atoms with Crippen LogP contribution in [-0.2, 0) is 14.8 Å². The number of aromatic amines is 1. The molecule has 2 rings (SSSR count). The molecule has 0 saturated carbocycles. The number of halogens is 3. The topological polar surface area (TPSA) is 103 Å². The van der Waals surface area contributed by atoms with E-state index in [2.05, 4.69) is 5.10 Å². The summed E-state index contributed by atoms with van der Waals surface area (Å²) in [5, 5.41) is 13.6. The van der Waals surface area contributed by atoms with Crippen molar-refractivity contribution in [2.24, 2.45) is 0 Å². The summed E-state index contributed by atoms with van der Waals surface area (Å²) < 4.78 is 64.3. The number of likely N-dealkylation sites (N-methyl/N-ethyl adjacent to an activating group) is 1. The molecule has 1 aromatic heterocycles. The van der Waals surface area contributed by atoms with E-state index in [-0.39, 0.29) is 5.52 Å². The Bertz CT molecular complexity index is 834. The summed E-state index contributed by atoms with van der Waals surface area (Å²) in [6.07, 6.45) is -3.03. The Hall–Kier alpha value is -2.14. The molecule has 0 bridgehead atoms. The van der Waals surface area contributed by atoms with Crippen LogP contribution in [0.5, 0.6) is 0 Å². The number of carbonyl (C=O) groups is 1. The summed E-state index contributed by atoms with van der Waals surface area (Å²) in [7, 11) is -3.47. The highest BCUT2D eigenvalue weighted by Gasteiger charge is 2.28. The number of sulfonamides is 1. The number of carboxylic acids is 1. The Kier molecular flexibility index (Phi) is 4.11. The van der Waals surface area contributed by atoms with Crippen molar-refractivity contribution in [2.75, 3.05) is 13.6 Å². The SMILES string of the molecule is CN(CC(=O)O)S(=O)(=O)c1cc(C(F)F)cc2c(F)[nH]nc12. The molecule has 2 aromatic rings. The lowest BCUT2D eigenvalue weighted by molar-refractivity contribution is -0.137. The third-order valence-corrected chi connectivity index (χ3v) is 4.71. The van der Waals surface area contributed by atoms with Gasteiger partial charge >= 0.3 is 5.97 Å². The standard InChI is InChI=1S/C11H10F3N3O4S/c1-17(4-8(18)19)22(20,21)7-3-5(10(12)13)2-6-9(7)15-16-11(6)14/h2-3,10H,4H2,1H3,(H,15,16)(H,18,19). The fourth-order valence-corrected chi connectivity index (χ4v) is 3.14. The summed E-state index contributed by atoms with van der Waals surface area (Å²) in [6.45, 7) is -0.879. The highest BCUT2D eigenvalue weighted by atomic mass is 32.2. The summed E-state index contributed by atoms with van der Waals surface area (Å²) in [4.78, 5) is 9.93. The largest absolute Gasteiger partial charge is 0.480 e. The van der Waals surface area contributed by atoms with Crippen molar-refractivity contribution in [2.45, 2.75) is 11.3 Å². The number of rotatable bonds is 5. The van der Waals surface area contributed by atoms with Gasteiger partial charge in [-0.05, 0) is 12.1 Å². The minimum atomic E-state index is -4.43. The minimum Gasteiger partial charge on any atom is -0.480 e. The van der Waals surface area contributed by atoms with Gasteiger partial charge in [-0.3, -0.25) is 9.89 Å². The van der Waals surface area contributed by atoms with Gasteiger partial charge in [-0.15, -0.1) is 0 Å². The van der Waals surface area contributed by atoms with Crippen molar-refractivity contribution in [3.05, 3.63) is 23.6 Å². The van der Waals surface area contributed by atoms with Crippen LogP contribution in [0.3, 0.4) is 0 Å². The normalized spacial score (nSPS) is 12.5. The van der Waals surface area contributed by atoms with Gasteiger partial charge in [0.15, 0.2) is 0 Å². The van der Waals surface area contributed by atoms with Crippen molar-refractivity contribution in [3.63, 3.8) is 0 Å². The molecule has 120 valence electrons. The smallest absolute Gasteiger partial charge is 0.318 e. The molecule has 0 aliphatic rings. The van der Waals surface area contributed by atoms with Crippen molar-refractivity contribution >= 4 is 26.9 Å². The highest BCUT2D eigenvalue weighted by molar-refractivity contribution is 7.89. The number of nitrogens with one attached hydrogen (secondary N) is 1. The molecular formula is C11H10F3N3O4S. The monoisotopic (exact) mass is 337 g/mol. The number of fused-ring (bicyclic) bond motifs is 1. The van der Waals surface area contributed by atoms with Gasteiger partial charge in [-0.25, -0.2) is 17.2 Å². The second kappa shape index (κ2) is 5.57. The maximum atomic E-state index is 13.5. The Morgan fingerprint density at radius 1 is 1.45 bits per heavy atom. The van der Waals surface area contributed by atoms with Crippen LogP contribution in [0.2, 0.25) is 0 Å². The van der Waals surface area contributed by atoms with E-state index in [9.17, 15) is 26.4 Å². The molecule has 0 amide bonds. The number of carboxylic acid groups (broad SMARTS) is 1. The summed E-state index contributed by atoms with van der Waals surface area (Å²) in [5.41, 5.74) is -1.09. The molecule has 0 fully saturated rings. The number of hydrogen-bond donors (Lipinski definition) is 2. The third kappa shape index (κ3) is 2.76. The van der Waals surface area contributed by atoms with Crippen molar-refractivity contribution < 1.29 is 31.5 Å². The molecule has 0 saturated heterocycles. The first kappa shape index (κ1) is 16.2. The molecule has 0 aliphatic carbocycles. The zero-order valence-corrected chi connectivity index (χ0v) is 11.9. The van der Waals surface area contributed by atoms with E-state index in [4.69, 9.17) is 5.11 Å². The van der Waals surface area contributed by atoms with Crippen molar-refractivity contribution in [1.29, 1.82) is 0 Å². The number of aliphatic carboxylic acids is 1. The minimum absolute atomic E-state index is 0.376. The second-order valence-electron chi connectivity index (χ2n) is 4.41. The summed E-state index contributed by atoms with van der Waals surface area (Å²) in [6, 6.07) is 1.44. The van der Waals surface area contributed by atoms with Crippen LogP contribution < -0.4 is 0 Å². The fraction of sp³-hybridized carbons (Fsp3) is 0.273. The van der Waals surface area contributed by atoms with Gasteiger partial charge in [0, 0.05) is 12.6 Å². The lowest BCUT2D eigenvalue weighted by Gasteiger charge is -2.16. The predicted molar refractivity (Wildman–Crippen MR) is 68.5 cm³/mol. The van der Waals surface area contributed by atoms with Crippen LogP contribution >= 0.6 is 0 Å². The maximum absolute atomic E-state index is 13.5. The van der Waals surface area contributed by atoms with Crippen molar-refractivity contribution in [3.8, 4) is 0 Å². The number of nitrogens with zero attached hydrogens (tertiary/aromatic N) is 2. The molecule has 0 aliphatic heterocycles. The molecule has 11 heteroatoms. The van der Waals surface area contributed by atoms with E-state index < -0.39 is 50.8 Å².